The molecule has 6 heteroatoms. The minimum absolute atomic E-state index is 0.00955. The van der Waals surface area contributed by atoms with Gasteiger partial charge < -0.3 is 20.3 Å². The average Bonchev–Trinajstić information content (AvgIpc) is 3.42. The molecule has 448 valence electrons. The predicted molar refractivity (Wildman–Crippen MR) is 333 cm³/mol. The Balaban J connectivity index is 3.48. The molecule has 0 aliphatic rings. The number of unbranched alkanes of at least 4 members (excludes halogenated alkanes) is 50. The number of amides is 1. The Hall–Kier alpha value is -1.92. The van der Waals surface area contributed by atoms with Gasteiger partial charge in [0, 0.05) is 12.8 Å². The summed E-state index contributed by atoms with van der Waals surface area (Å²) in [5, 5.41) is 23.2. The molecule has 0 aromatic rings. The van der Waals surface area contributed by atoms with E-state index in [-0.39, 0.29) is 18.5 Å². The monoisotopic (exact) mass is 1070 g/mol. The summed E-state index contributed by atoms with van der Waals surface area (Å²) in [5.41, 5.74) is 0. The second-order valence-corrected chi connectivity index (χ2v) is 23.5. The van der Waals surface area contributed by atoms with Crippen LogP contribution in [0.1, 0.15) is 373 Å². The zero-order valence-electron chi connectivity index (χ0n) is 51.3. The van der Waals surface area contributed by atoms with E-state index in [4.69, 9.17) is 4.74 Å². The van der Waals surface area contributed by atoms with Crippen LogP contribution >= 0.6 is 0 Å². The molecule has 0 spiro atoms. The first-order valence-corrected chi connectivity index (χ1v) is 34.3. The van der Waals surface area contributed by atoms with Crippen LogP contribution in [0.15, 0.2) is 36.5 Å². The second kappa shape index (κ2) is 65.6. The molecule has 0 heterocycles. The van der Waals surface area contributed by atoms with Gasteiger partial charge in [-0.3, -0.25) is 9.59 Å². The summed E-state index contributed by atoms with van der Waals surface area (Å²) in [7, 11) is 0. The maximum absolute atomic E-state index is 12.5. The highest BCUT2D eigenvalue weighted by Gasteiger charge is 2.18. The highest BCUT2D eigenvalue weighted by molar-refractivity contribution is 5.76. The summed E-state index contributed by atoms with van der Waals surface area (Å²) in [6.45, 7) is 4.90. The Morgan fingerprint density at radius 3 is 0.974 bits per heavy atom. The number of allylic oxidation sites excluding steroid dienone is 5. The molecule has 0 aromatic carbocycles. The van der Waals surface area contributed by atoms with Crippen molar-refractivity contribution in [2.75, 3.05) is 13.2 Å². The Labute approximate surface area is 474 Å². The largest absolute Gasteiger partial charge is 0.466 e. The number of aliphatic hydroxyl groups excluding tert-OH is 2. The van der Waals surface area contributed by atoms with Crippen molar-refractivity contribution >= 4 is 11.9 Å². The van der Waals surface area contributed by atoms with E-state index in [2.05, 4.69) is 43.5 Å². The average molecular weight is 1070 g/mol. The van der Waals surface area contributed by atoms with E-state index < -0.39 is 12.1 Å². The molecule has 0 aromatic heterocycles. The van der Waals surface area contributed by atoms with Gasteiger partial charge in [-0.2, -0.15) is 0 Å². The van der Waals surface area contributed by atoms with Crippen LogP contribution in [0.5, 0.6) is 0 Å². The number of ether oxygens (including phenoxy) is 1. The van der Waals surface area contributed by atoms with E-state index in [1.54, 1.807) is 6.08 Å². The third kappa shape index (κ3) is 61.3. The maximum Gasteiger partial charge on any atom is 0.305 e. The lowest BCUT2D eigenvalue weighted by atomic mass is 10.0. The molecule has 2 atom stereocenters. The first-order chi connectivity index (χ1) is 37.5. The van der Waals surface area contributed by atoms with Crippen molar-refractivity contribution < 1.29 is 24.5 Å². The van der Waals surface area contributed by atoms with Gasteiger partial charge >= 0.3 is 5.97 Å². The number of hydrogen-bond acceptors (Lipinski definition) is 5. The summed E-state index contributed by atoms with van der Waals surface area (Å²) >= 11 is 0. The molecular formula is C70H133NO5. The highest BCUT2D eigenvalue weighted by Crippen LogP contribution is 2.18. The van der Waals surface area contributed by atoms with E-state index in [1.165, 1.54) is 270 Å². The number of rotatable bonds is 64. The summed E-state index contributed by atoms with van der Waals surface area (Å²) in [6, 6.07) is -0.637. The van der Waals surface area contributed by atoms with Crippen molar-refractivity contribution in [1.82, 2.24) is 5.32 Å². The van der Waals surface area contributed by atoms with Gasteiger partial charge in [0.2, 0.25) is 5.91 Å². The van der Waals surface area contributed by atoms with Crippen molar-refractivity contribution in [3.05, 3.63) is 36.5 Å². The Kier molecular flexibility index (Phi) is 63.9. The zero-order valence-corrected chi connectivity index (χ0v) is 51.3. The number of carbonyl (C=O) groups excluding carboxylic acids is 2. The lowest BCUT2D eigenvalue weighted by Crippen LogP contribution is -2.45. The molecule has 0 rings (SSSR count). The van der Waals surface area contributed by atoms with Gasteiger partial charge in [-0.25, -0.2) is 0 Å². The SMILES string of the molecule is CCCCCCCCCCCCCCCCCCCCCCC/C=C/C(O)C(CO)NC(=O)CCCCCCCCCCCC/C=C\C=C/CCCCCOC(=O)CCCCCCCCCCCCCCCCCCC. The van der Waals surface area contributed by atoms with E-state index >= 15 is 0 Å². The molecule has 0 fully saturated rings. The number of carbonyl (C=O) groups is 2. The Morgan fingerprint density at radius 1 is 0.368 bits per heavy atom. The molecule has 0 bridgehead atoms. The number of aliphatic hydroxyl groups is 2. The standard InChI is InChI=1S/C70H133NO5/c1-3-5-7-9-11-13-15-17-19-21-22-23-24-25-27-31-34-38-42-46-50-54-58-62-68(73)67(66-72)71-69(74)63-59-55-51-47-43-39-35-32-28-26-29-33-37-41-45-49-53-57-61-65-76-70(75)64-60-56-52-48-44-40-36-30-20-18-16-14-12-10-8-6-4-2/h33,37,41,45,58,62,67-68,72-73H,3-32,34-36,38-40,42-44,46-57,59-61,63-66H2,1-2H3,(H,71,74)/b37-33-,45-41-,62-58+. The van der Waals surface area contributed by atoms with Crippen molar-refractivity contribution in [3.63, 3.8) is 0 Å². The summed E-state index contributed by atoms with van der Waals surface area (Å²) in [5.74, 6) is -0.0838. The summed E-state index contributed by atoms with van der Waals surface area (Å²) in [4.78, 5) is 24.6. The third-order valence-corrected chi connectivity index (χ3v) is 15.9. The lowest BCUT2D eigenvalue weighted by Gasteiger charge is -2.20. The van der Waals surface area contributed by atoms with Gasteiger partial charge in [-0.05, 0) is 64.2 Å². The molecule has 6 nitrogen and oxygen atoms in total. The smallest absolute Gasteiger partial charge is 0.305 e. The molecule has 76 heavy (non-hydrogen) atoms. The zero-order chi connectivity index (χ0) is 55.0. The fraction of sp³-hybridized carbons (Fsp3) is 0.886. The minimum Gasteiger partial charge on any atom is -0.466 e. The molecule has 0 aliphatic carbocycles. The maximum atomic E-state index is 12.5. The van der Waals surface area contributed by atoms with E-state index in [0.717, 1.165) is 77.0 Å². The third-order valence-electron chi connectivity index (χ3n) is 15.9. The fourth-order valence-electron chi connectivity index (χ4n) is 10.7. The quantitative estimate of drug-likeness (QED) is 0.0244. The molecule has 0 saturated heterocycles. The van der Waals surface area contributed by atoms with Gasteiger partial charge in [-0.15, -0.1) is 0 Å². The first-order valence-electron chi connectivity index (χ1n) is 34.3. The number of nitrogens with one attached hydrogen (secondary N) is 1. The van der Waals surface area contributed by atoms with Crippen molar-refractivity contribution in [1.29, 1.82) is 0 Å². The topological polar surface area (TPSA) is 95.9 Å². The van der Waals surface area contributed by atoms with Crippen LogP contribution in [0.3, 0.4) is 0 Å². The Morgan fingerprint density at radius 2 is 0.645 bits per heavy atom. The van der Waals surface area contributed by atoms with Crippen LogP contribution in [-0.4, -0.2) is 47.4 Å². The fourth-order valence-corrected chi connectivity index (χ4v) is 10.7. The van der Waals surface area contributed by atoms with Gasteiger partial charge in [0.05, 0.1) is 25.4 Å². The molecule has 3 N–H and O–H groups in total. The summed E-state index contributed by atoms with van der Waals surface area (Å²) < 4.78 is 5.47. The van der Waals surface area contributed by atoms with Crippen molar-refractivity contribution in [2.24, 2.45) is 0 Å². The van der Waals surface area contributed by atoms with Crippen molar-refractivity contribution in [2.45, 2.75) is 386 Å². The predicted octanol–water partition coefficient (Wildman–Crippen LogP) is 21.9. The van der Waals surface area contributed by atoms with Gasteiger partial charge in [0.25, 0.3) is 0 Å². The number of esters is 1. The first kappa shape index (κ1) is 74.1. The lowest BCUT2D eigenvalue weighted by molar-refractivity contribution is -0.143. The minimum atomic E-state index is -0.853. The van der Waals surface area contributed by atoms with E-state index in [1.807, 2.05) is 6.08 Å². The van der Waals surface area contributed by atoms with E-state index in [9.17, 15) is 19.8 Å². The summed E-state index contributed by atoms with van der Waals surface area (Å²) in [6.07, 6.45) is 83.5. The van der Waals surface area contributed by atoms with Gasteiger partial charge in [-0.1, -0.05) is 333 Å². The van der Waals surface area contributed by atoms with Crippen LogP contribution in [0, 0.1) is 0 Å². The van der Waals surface area contributed by atoms with E-state index in [0.29, 0.717) is 19.4 Å². The molecule has 1 amide bonds. The molecule has 0 aliphatic heterocycles. The molecule has 2 unspecified atom stereocenters. The van der Waals surface area contributed by atoms with Crippen LogP contribution < -0.4 is 5.32 Å². The van der Waals surface area contributed by atoms with Gasteiger partial charge in [0.1, 0.15) is 0 Å². The van der Waals surface area contributed by atoms with Crippen LogP contribution in [0.25, 0.3) is 0 Å². The highest BCUT2D eigenvalue weighted by atomic mass is 16.5. The molecule has 0 saturated carbocycles. The number of hydrogen-bond donors (Lipinski definition) is 3. The van der Waals surface area contributed by atoms with Crippen molar-refractivity contribution in [3.8, 4) is 0 Å². The normalized spacial score (nSPS) is 12.7. The van der Waals surface area contributed by atoms with Crippen LogP contribution in [0.2, 0.25) is 0 Å². The van der Waals surface area contributed by atoms with Gasteiger partial charge in [0.15, 0.2) is 0 Å². The van der Waals surface area contributed by atoms with Crippen LogP contribution in [0.4, 0.5) is 0 Å². The molecule has 0 radical (unpaired) electrons. The Bertz CT molecular complexity index is 1230. The van der Waals surface area contributed by atoms with Crippen LogP contribution in [-0.2, 0) is 14.3 Å². The molecular weight excluding hydrogens is 935 g/mol. The second-order valence-electron chi connectivity index (χ2n) is 23.5.